The van der Waals surface area contributed by atoms with E-state index in [1.54, 1.807) is 4.90 Å². The summed E-state index contributed by atoms with van der Waals surface area (Å²) in [5, 5.41) is 0. The van der Waals surface area contributed by atoms with Crippen LogP contribution in [0.25, 0.3) is 0 Å². The zero-order chi connectivity index (χ0) is 20.6. The summed E-state index contributed by atoms with van der Waals surface area (Å²) in [6, 6.07) is 7.22. The number of hydrogen-bond acceptors (Lipinski definition) is 5. The standard InChI is InChI=1S/C21H30N2O5S/c1-14-11-18(22-29(2,25)26)19-12-27-16-9-7-15(8-10-16)17-5-3-4-6-20(17)28-13-21(24)23(14)19/h3-6,14-16,18-19,22H,7-13H2,1-2H3/t14-,15?,16?,18-,19?/m0/s1. The van der Waals surface area contributed by atoms with Crippen LogP contribution < -0.4 is 9.46 Å². The van der Waals surface area contributed by atoms with Crippen LogP contribution in [0.1, 0.15) is 50.5 Å². The molecule has 0 radical (unpaired) electrons. The number of carbonyl (C=O) groups excluding carboxylic acids is 1. The molecule has 8 heteroatoms. The minimum atomic E-state index is -3.38. The molecule has 3 atom stereocenters. The molecule has 3 heterocycles. The Hall–Kier alpha value is -1.64. The maximum Gasteiger partial charge on any atom is 0.261 e. The van der Waals surface area contributed by atoms with Gasteiger partial charge in [-0.1, -0.05) is 18.2 Å². The molecule has 5 rings (SSSR count). The van der Waals surface area contributed by atoms with Gasteiger partial charge in [-0.15, -0.1) is 0 Å². The molecule has 7 nitrogen and oxygen atoms in total. The van der Waals surface area contributed by atoms with Crippen molar-refractivity contribution in [1.82, 2.24) is 9.62 Å². The molecule has 3 aliphatic heterocycles. The van der Waals surface area contributed by atoms with Crippen molar-refractivity contribution in [1.29, 1.82) is 0 Å². The molecule has 1 aromatic rings. The second kappa shape index (κ2) is 8.24. The minimum Gasteiger partial charge on any atom is -0.483 e. The highest BCUT2D eigenvalue weighted by atomic mass is 32.2. The minimum absolute atomic E-state index is 0.0560. The third-order valence-corrected chi connectivity index (χ3v) is 7.16. The highest BCUT2D eigenvalue weighted by molar-refractivity contribution is 7.88. The molecule has 1 saturated carbocycles. The molecule has 1 saturated heterocycles. The van der Waals surface area contributed by atoms with Gasteiger partial charge in [-0.25, -0.2) is 13.1 Å². The molecule has 1 amide bonds. The second-order valence-corrected chi connectivity index (χ2v) is 10.4. The van der Waals surface area contributed by atoms with E-state index in [-0.39, 0.29) is 36.7 Å². The third kappa shape index (κ3) is 4.59. The lowest BCUT2D eigenvalue weighted by molar-refractivity contribution is -0.138. The molecule has 1 unspecified atom stereocenters. The molecule has 160 valence electrons. The Kier molecular flexibility index (Phi) is 5.86. The van der Waals surface area contributed by atoms with Crippen molar-refractivity contribution in [3.8, 4) is 5.75 Å². The zero-order valence-corrected chi connectivity index (χ0v) is 17.9. The molecular formula is C21H30N2O5S. The monoisotopic (exact) mass is 422 g/mol. The van der Waals surface area contributed by atoms with Crippen LogP contribution in [0.3, 0.4) is 0 Å². The first-order valence-corrected chi connectivity index (χ1v) is 12.3. The summed E-state index contributed by atoms with van der Waals surface area (Å²) < 4.78 is 38.6. The van der Waals surface area contributed by atoms with Crippen LogP contribution in [-0.2, 0) is 19.6 Å². The van der Waals surface area contributed by atoms with Crippen molar-refractivity contribution in [3.05, 3.63) is 29.8 Å². The van der Waals surface area contributed by atoms with E-state index in [2.05, 4.69) is 10.8 Å². The van der Waals surface area contributed by atoms with Gasteiger partial charge in [0.25, 0.3) is 5.91 Å². The summed E-state index contributed by atoms with van der Waals surface area (Å²) in [6.45, 7) is 2.23. The van der Waals surface area contributed by atoms with Crippen molar-refractivity contribution >= 4 is 15.9 Å². The summed E-state index contributed by atoms with van der Waals surface area (Å²) in [5.41, 5.74) is 1.17. The third-order valence-electron chi connectivity index (χ3n) is 6.43. The van der Waals surface area contributed by atoms with E-state index in [1.165, 1.54) is 5.56 Å². The van der Waals surface area contributed by atoms with Gasteiger partial charge in [0.1, 0.15) is 5.75 Å². The maximum atomic E-state index is 13.1. The summed E-state index contributed by atoms with van der Waals surface area (Å²) in [5.74, 6) is 1.06. The number of amides is 1. The van der Waals surface area contributed by atoms with Crippen molar-refractivity contribution in [2.24, 2.45) is 0 Å². The van der Waals surface area contributed by atoms with Gasteiger partial charge in [-0.05, 0) is 56.6 Å². The number of fused-ring (bicyclic) bond motifs is 5. The predicted octanol–water partition coefficient (Wildman–Crippen LogP) is 2.03. The average Bonchev–Trinajstić information content (AvgIpc) is 2.98. The molecular weight excluding hydrogens is 392 g/mol. The summed E-state index contributed by atoms with van der Waals surface area (Å²) >= 11 is 0. The number of benzene rings is 1. The van der Waals surface area contributed by atoms with Crippen molar-refractivity contribution in [2.75, 3.05) is 19.5 Å². The van der Waals surface area contributed by atoms with Gasteiger partial charge < -0.3 is 14.4 Å². The summed E-state index contributed by atoms with van der Waals surface area (Å²) in [7, 11) is -3.38. The topological polar surface area (TPSA) is 84.9 Å². The SMILES string of the molecule is C[C@H]1C[C@H](NS(C)(=O)=O)C2COC3CCC(CC3)c3ccccc3OCC(=O)N21. The fourth-order valence-corrected chi connectivity index (χ4v) is 5.93. The van der Waals surface area contributed by atoms with Crippen molar-refractivity contribution in [2.45, 2.75) is 69.2 Å². The number of sulfonamides is 1. The maximum absolute atomic E-state index is 13.1. The lowest BCUT2D eigenvalue weighted by Crippen LogP contribution is -2.51. The van der Waals surface area contributed by atoms with Gasteiger partial charge in [0.15, 0.2) is 6.61 Å². The van der Waals surface area contributed by atoms with E-state index in [0.29, 0.717) is 18.9 Å². The van der Waals surface area contributed by atoms with Crippen molar-refractivity contribution < 1.29 is 22.7 Å². The van der Waals surface area contributed by atoms with Crippen LogP contribution >= 0.6 is 0 Å². The normalized spacial score (nSPS) is 33.1. The number of rotatable bonds is 2. The Bertz CT molecular complexity index is 850. The number of nitrogens with one attached hydrogen (secondary N) is 1. The Labute approximate surface area is 172 Å². The molecule has 0 spiro atoms. The average molecular weight is 423 g/mol. The van der Waals surface area contributed by atoms with E-state index in [4.69, 9.17) is 9.47 Å². The van der Waals surface area contributed by atoms with E-state index in [0.717, 1.165) is 37.7 Å². The molecule has 4 aliphatic rings. The first kappa shape index (κ1) is 20.6. The van der Waals surface area contributed by atoms with Crippen LogP contribution in [0, 0.1) is 0 Å². The predicted molar refractivity (Wildman–Crippen MR) is 109 cm³/mol. The van der Waals surface area contributed by atoms with Gasteiger partial charge in [0.2, 0.25) is 10.0 Å². The van der Waals surface area contributed by atoms with Gasteiger partial charge >= 0.3 is 0 Å². The highest BCUT2D eigenvalue weighted by Gasteiger charge is 2.43. The second-order valence-electron chi connectivity index (χ2n) is 8.58. The summed E-state index contributed by atoms with van der Waals surface area (Å²) in [6.07, 6.45) is 5.83. The molecule has 2 fully saturated rings. The van der Waals surface area contributed by atoms with Crippen LogP contribution in [0.15, 0.2) is 24.3 Å². The Balaban J connectivity index is 1.62. The van der Waals surface area contributed by atoms with Gasteiger partial charge in [0, 0.05) is 12.1 Å². The van der Waals surface area contributed by atoms with E-state index in [9.17, 15) is 13.2 Å². The Morgan fingerprint density at radius 2 is 1.86 bits per heavy atom. The lowest BCUT2D eigenvalue weighted by Gasteiger charge is -2.33. The first-order valence-electron chi connectivity index (χ1n) is 10.4. The zero-order valence-electron chi connectivity index (χ0n) is 17.0. The molecule has 1 N–H and O–H groups in total. The Morgan fingerprint density at radius 1 is 1.14 bits per heavy atom. The largest absolute Gasteiger partial charge is 0.483 e. The molecule has 0 aromatic heterocycles. The van der Waals surface area contributed by atoms with E-state index < -0.39 is 10.0 Å². The number of carbonyl (C=O) groups is 1. The van der Waals surface area contributed by atoms with Crippen LogP contribution in [-0.4, -0.2) is 62.9 Å². The van der Waals surface area contributed by atoms with Gasteiger partial charge in [0.05, 0.1) is 25.0 Å². The Morgan fingerprint density at radius 3 is 2.59 bits per heavy atom. The molecule has 1 aliphatic carbocycles. The summed E-state index contributed by atoms with van der Waals surface area (Å²) in [4.78, 5) is 14.8. The molecule has 29 heavy (non-hydrogen) atoms. The molecule has 2 bridgehead atoms. The quantitative estimate of drug-likeness (QED) is 0.788. The first-order chi connectivity index (χ1) is 13.8. The van der Waals surface area contributed by atoms with Crippen LogP contribution in [0.5, 0.6) is 5.75 Å². The number of hydrogen-bond donors (Lipinski definition) is 1. The van der Waals surface area contributed by atoms with Crippen molar-refractivity contribution in [3.63, 3.8) is 0 Å². The van der Waals surface area contributed by atoms with Crippen LogP contribution in [0.2, 0.25) is 0 Å². The molecule has 1 aromatic carbocycles. The van der Waals surface area contributed by atoms with E-state index >= 15 is 0 Å². The van der Waals surface area contributed by atoms with Crippen LogP contribution in [0.4, 0.5) is 0 Å². The number of nitrogens with zero attached hydrogens (tertiary/aromatic N) is 1. The van der Waals surface area contributed by atoms with E-state index in [1.807, 2.05) is 25.1 Å². The van der Waals surface area contributed by atoms with Gasteiger partial charge in [-0.3, -0.25) is 4.79 Å². The smallest absolute Gasteiger partial charge is 0.261 e. The number of para-hydroxylation sites is 1. The van der Waals surface area contributed by atoms with Gasteiger partial charge in [-0.2, -0.15) is 0 Å². The highest BCUT2D eigenvalue weighted by Crippen LogP contribution is 2.39. The fourth-order valence-electron chi connectivity index (χ4n) is 5.13. The number of ether oxygens (including phenoxy) is 2. The lowest BCUT2D eigenvalue weighted by atomic mass is 9.82. The fraction of sp³-hybridized carbons (Fsp3) is 0.667.